The predicted octanol–water partition coefficient (Wildman–Crippen LogP) is 5.18. The van der Waals surface area contributed by atoms with Gasteiger partial charge in [0.05, 0.1) is 0 Å². The molecule has 0 amide bonds. The van der Waals surface area contributed by atoms with E-state index in [2.05, 4.69) is 20.4 Å². The van der Waals surface area contributed by atoms with Crippen LogP contribution < -0.4 is 9.47 Å². The molecule has 0 spiro atoms. The average molecular weight is 340 g/mol. The Balaban J connectivity index is 0.000000970. The highest BCUT2D eigenvalue weighted by Crippen LogP contribution is 2.24. The van der Waals surface area contributed by atoms with Gasteiger partial charge in [0.15, 0.2) is 0 Å². The number of carbonyl (C=O) groups excluding carboxylic acids is 2. The van der Waals surface area contributed by atoms with Crippen molar-refractivity contribution in [3.63, 3.8) is 0 Å². The molecular formula is C21H24O4. The summed E-state index contributed by atoms with van der Waals surface area (Å²) >= 11 is 0. The normalized spacial score (nSPS) is 9.40. The molecule has 0 aliphatic carbocycles. The van der Waals surface area contributed by atoms with Crippen LogP contribution in [0, 0.1) is 0 Å². The largest absolute Gasteiger partial charge is 0.427 e. The van der Waals surface area contributed by atoms with Crippen molar-refractivity contribution in [3.05, 3.63) is 61.2 Å². The molecule has 2 rings (SSSR count). The summed E-state index contributed by atoms with van der Waals surface area (Å²) in [6.45, 7) is 9.34. The van der Waals surface area contributed by atoms with Gasteiger partial charge in [0, 0.05) is 12.5 Å². The van der Waals surface area contributed by atoms with E-state index in [9.17, 15) is 9.59 Å². The van der Waals surface area contributed by atoms with E-state index in [0.717, 1.165) is 17.2 Å². The molecule has 4 heteroatoms. The van der Waals surface area contributed by atoms with Gasteiger partial charge in [-0.05, 0) is 35.4 Å². The van der Waals surface area contributed by atoms with E-state index in [-0.39, 0.29) is 5.97 Å². The van der Waals surface area contributed by atoms with Crippen molar-refractivity contribution in [1.82, 2.24) is 0 Å². The minimum absolute atomic E-state index is 0.263. The first-order chi connectivity index (χ1) is 12.0. The molecule has 4 nitrogen and oxygen atoms in total. The number of hydrogen-bond acceptors (Lipinski definition) is 4. The molecular weight excluding hydrogens is 316 g/mol. The smallest absolute Gasteiger partial charge is 0.335 e. The summed E-state index contributed by atoms with van der Waals surface area (Å²) < 4.78 is 10.1. The standard InChI is InChI=1S/C18H16O4.C3H8/c1-3-17(19)21-15-9-5-13(6-10-15)14-7-11-16(12-8-14)22-18(20)4-2;1-3-2/h3,5-12H,1,4H2,2H3;3H2,1-2H3. The molecule has 0 N–H and O–H groups in total. The second-order valence-electron chi connectivity index (χ2n) is 5.21. The fourth-order valence-electron chi connectivity index (χ4n) is 1.79. The Bertz CT molecular complexity index is 685. The average Bonchev–Trinajstić information content (AvgIpc) is 2.63. The summed E-state index contributed by atoms with van der Waals surface area (Å²) in [5, 5.41) is 0. The van der Waals surface area contributed by atoms with E-state index in [1.807, 2.05) is 24.3 Å². The third-order valence-corrected chi connectivity index (χ3v) is 2.95. The fourth-order valence-corrected chi connectivity index (χ4v) is 1.79. The van der Waals surface area contributed by atoms with Crippen molar-refractivity contribution in [2.45, 2.75) is 33.6 Å². The van der Waals surface area contributed by atoms with Crippen molar-refractivity contribution in [2.24, 2.45) is 0 Å². The molecule has 0 heterocycles. The minimum atomic E-state index is -0.491. The van der Waals surface area contributed by atoms with Gasteiger partial charge in [-0.2, -0.15) is 0 Å². The number of carbonyl (C=O) groups is 2. The Morgan fingerprint density at radius 2 is 1.24 bits per heavy atom. The van der Waals surface area contributed by atoms with E-state index in [4.69, 9.17) is 9.47 Å². The Morgan fingerprint density at radius 1 is 0.840 bits per heavy atom. The van der Waals surface area contributed by atoms with Crippen LogP contribution in [0.15, 0.2) is 61.2 Å². The molecule has 0 atom stereocenters. The van der Waals surface area contributed by atoms with Gasteiger partial charge in [0.2, 0.25) is 0 Å². The van der Waals surface area contributed by atoms with E-state index >= 15 is 0 Å². The van der Waals surface area contributed by atoms with Gasteiger partial charge in [-0.3, -0.25) is 4.79 Å². The van der Waals surface area contributed by atoms with Gasteiger partial charge < -0.3 is 9.47 Å². The first-order valence-corrected chi connectivity index (χ1v) is 8.29. The lowest BCUT2D eigenvalue weighted by Crippen LogP contribution is -2.05. The Labute approximate surface area is 149 Å². The molecule has 0 aliphatic rings. The Morgan fingerprint density at radius 3 is 1.60 bits per heavy atom. The fraction of sp³-hybridized carbons (Fsp3) is 0.238. The van der Waals surface area contributed by atoms with Crippen LogP contribution in [0.2, 0.25) is 0 Å². The van der Waals surface area contributed by atoms with Crippen LogP contribution in [0.4, 0.5) is 0 Å². The van der Waals surface area contributed by atoms with Gasteiger partial charge in [-0.15, -0.1) is 0 Å². The van der Waals surface area contributed by atoms with Crippen LogP contribution in [0.25, 0.3) is 11.1 Å². The van der Waals surface area contributed by atoms with Crippen molar-refractivity contribution in [1.29, 1.82) is 0 Å². The van der Waals surface area contributed by atoms with Crippen LogP contribution in [0.1, 0.15) is 33.6 Å². The molecule has 0 radical (unpaired) electrons. The topological polar surface area (TPSA) is 52.6 Å². The summed E-state index contributed by atoms with van der Waals surface area (Å²) in [6.07, 6.45) is 2.71. The van der Waals surface area contributed by atoms with Crippen molar-refractivity contribution >= 4 is 11.9 Å². The third-order valence-electron chi connectivity index (χ3n) is 2.95. The van der Waals surface area contributed by atoms with Gasteiger partial charge in [-0.1, -0.05) is 58.0 Å². The van der Waals surface area contributed by atoms with Gasteiger partial charge in [0.1, 0.15) is 11.5 Å². The minimum Gasteiger partial charge on any atom is -0.427 e. The molecule has 25 heavy (non-hydrogen) atoms. The van der Waals surface area contributed by atoms with Crippen molar-refractivity contribution in [3.8, 4) is 22.6 Å². The molecule has 0 aromatic heterocycles. The lowest BCUT2D eigenvalue weighted by atomic mass is 10.1. The molecule has 0 unspecified atom stereocenters. The van der Waals surface area contributed by atoms with Gasteiger partial charge in [-0.25, -0.2) is 4.79 Å². The number of rotatable bonds is 5. The molecule has 0 bridgehead atoms. The van der Waals surface area contributed by atoms with E-state index in [1.54, 1.807) is 31.2 Å². The first kappa shape index (κ1) is 20.2. The second kappa shape index (κ2) is 10.8. The maximum absolute atomic E-state index is 11.2. The number of benzene rings is 2. The lowest BCUT2D eigenvalue weighted by molar-refractivity contribution is -0.134. The van der Waals surface area contributed by atoms with E-state index in [0.29, 0.717) is 17.9 Å². The highest BCUT2D eigenvalue weighted by Gasteiger charge is 2.04. The summed E-state index contributed by atoms with van der Waals surface area (Å²) in [5.74, 6) is 0.227. The maximum Gasteiger partial charge on any atom is 0.335 e. The zero-order chi connectivity index (χ0) is 18.7. The Kier molecular flexibility index (Phi) is 8.72. The van der Waals surface area contributed by atoms with E-state index in [1.165, 1.54) is 6.42 Å². The van der Waals surface area contributed by atoms with Crippen LogP contribution in [0.5, 0.6) is 11.5 Å². The first-order valence-electron chi connectivity index (χ1n) is 8.29. The molecule has 0 aliphatic heterocycles. The molecule has 2 aromatic carbocycles. The summed E-state index contributed by atoms with van der Waals surface area (Å²) in [5.41, 5.74) is 1.93. The zero-order valence-electron chi connectivity index (χ0n) is 15.0. The molecule has 132 valence electrons. The molecule has 0 fully saturated rings. The zero-order valence-corrected chi connectivity index (χ0v) is 15.0. The molecule has 0 saturated carbocycles. The second-order valence-corrected chi connectivity index (χ2v) is 5.21. The Hall–Kier alpha value is -2.88. The summed E-state index contributed by atoms with van der Waals surface area (Å²) in [4.78, 5) is 22.3. The maximum atomic E-state index is 11.2. The van der Waals surface area contributed by atoms with Crippen LogP contribution in [-0.2, 0) is 9.59 Å². The van der Waals surface area contributed by atoms with Gasteiger partial charge in [0.25, 0.3) is 0 Å². The SMILES string of the molecule is C=CC(=O)Oc1ccc(-c2ccc(OC(=O)CC)cc2)cc1.CCC. The van der Waals surface area contributed by atoms with E-state index < -0.39 is 5.97 Å². The van der Waals surface area contributed by atoms with Crippen LogP contribution in [0.3, 0.4) is 0 Å². The summed E-state index contributed by atoms with van der Waals surface area (Å²) in [6, 6.07) is 14.3. The van der Waals surface area contributed by atoms with Crippen LogP contribution >= 0.6 is 0 Å². The lowest BCUT2D eigenvalue weighted by Gasteiger charge is -2.06. The quantitative estimate of drug-likeness (QED) is 0.428. The highest BCUT2D eigenvalue weighted by atomic mass is 16.5. The molecule has 2 aromatic rings. The number of esters is 2. The summed E-state index contributed by atoms with van der Waals surface area (Å²) in [7, 11) is 0. The third kappa shape index (κ3) is 7.04. The van der Waals surface area contributed by atoms with Crippen molar-refractivity contribution < 1.29 is 19.1 Å². The number of ether oxygens (including phenoxy) is 2. The predicted molar refractivity (Wildman–Crippen MR) is 99.6 cm³/mol. The van der Waals surface area contributed by atoms with Gasteiger partial charge >= 0.3 is 11.9 Å². The van der Waals surface area contributed by atoms with Crippen LogP contribution in [-0.4, -0.2) is 11.9 Å². The molecule has 0 saturated heterocycles. The monoisotopic (exact) mass is 340 g/mol. The van der Waals surface area contributed by atoms with Crippen molar-refractivity contribution in [2.75, 3.05) is 0 Å². The highest BCUT2D eigenvalue weighted by molar-refractivity contribution is 5.83. The number of hydrogen-bond donors (Lipinski definition) is 0.